The zero-order chi connectivity index (χ0) is 12.3. The first kappa shape index (κ1) is 12.1. The van der Waals surface area contributed by atoms with Crippen LogP contribution in [-0.4, -0.2) is 13.0 Å². The fourth-order valence-corrected chi connectivity index (χ4v) is 2.28. The maximum atomic E-state index is 11.9. The van der Waals surface area contributed by atoms with Crippen LogP contribution in [0.4, 0.5) is 5.69 Å². The Kier molecular flexibility index (Phi) is 3.81. The van der Waals surface area contributed by atoms with Crippen LogP contribution in [0, 0.1) is 0 Å². The number of anilines is 1. The molecule has 0 radical (unpaired) electrons. The number of benzene rings is 1. The van der Waals surface area contributed by atoms with E-state index in [1.54, 1.807) is 18.6 Å². The highest BCUT2D eigenvalue weighted by molar-refractivity contribution is 9.10. The number of halogens is 1. The summed E-state index contributed by atoms with van der Waals surface area (Å²) in [4.78, 5) is 12.5. The summed E-state index contributed by atoms with van der Waals surface area (Å²) in [6.45, 7) is 0. The number of amides is 1. The van der Waals surface area contributed by atoms with Crippen LogP contribution in [0.25, 0.3) is 0 Å². The van der Waals surface area contributed by atoms with E-state index in [-0.39, 0.29) is 5.91 Å². The summed E-state index contributed by atoms with van der Waals surface area (Å²) in [7, 11) is 1.58. The second-order valence-corrected chi connectivity index (χ2v) is 5.14. The third kappa shape index (κ3) is 3.08. The number of hydrogen-bond acceptors (Lipinski definition) is 3. The molecule has 88 valence electrons. The van der Waals surface area contributed by atoms with Gasteiger partial charge in [-0.1, -0.05) is 15.9 Å². The molecule has 0 saturated heterocycles. The molecule has 0 unspecified atom stereocenters. The van der Waals surface area contributed by atoms with E-state index in [4.69, 9.17) is 4.74 Å². The minimum Gasteiger partial charge on any atom is -0.496 e. The van der Waals surface area contributed by atoms with E-state index in [0.29, 0.717) is 10.6 Å². The van der Waals surface area contributed by atoms with Crippen molar-refractivity contribution in [1.82, 2.24) is 0 Å². The standard InChI is InChI=1S/C12H10BrNO2S/c1-16-10-6-11(17-7-10)12(15)14-9-4-2-8(13)3-5-9/h2-7H,1H3,(H,14,15). The molecule has 0 spiro atoms. The predicted molar refractivity (Wildman–Crippen MR) is 73.0 cm³/mol. The van der Waals surface area contributed by atoms with Gasteiger partial charge in [-0.3, -0.25) is 4.79 Å². The van der Waals surface area contributed by atoms with Gasteiger partial charge in [-0.25, -0.2) is 0 Å². The number of carbonyl (C=O) groups excluding carboxylic acids is 1. The Hall–Kier alpha value is -1.33. The lowest BCUT2D eigenvalue weighted by Gasteiger charge is -2.02. The van der Waals surface area contributed by atoms with Crippen LogP contribution in [0.1, 0.15) is 9.67 Å². The number of methoxy groups -OCH3 is 1. The fourth-order valence-electron chi connectivity index (χ4n) is 1.27. The predicted octanol–water partition coefficient (Wildman–Crippen LogP) is 3.77. The van der Waals surface area contributed by atoms with Crippen LogP contribution in [0.15, 0.2) is 40.2 Å². The Morgan fingerprint density at radius 3 is 2.65 bits per heavy atom. The van der Waals surface area contributed by atoms with E-state index in [1.807, 2.05) is 24.3 Å². The minimum atomic E-state index is -0.124. The number of thiophene rings is 1. The third-order valence-corrected chi connectivity index (χ3v) is 3.57. The summed E-state index contributed by atoms with van der Waals surface area (Å²) >= 11 is 4.70. The molecular formula is C12H10BrNO2S. The molecule has 0 atom stereocenters. The molecule has 0 aliphatic carbocycles. The topological polar surface area (TPSA) is 38.3 Å². The first-order valence-electron chi connectivity index (χ1n) is 4.88. The van der Waals surface area contributed by atoms with Gasteiger partial charge in [-0.05, 0) is 24.3 Å². The number of carbonyl (C=O) groups is 1. The van der Waals surface area contributed by atoms with Gasteiger partial charge in [0.2, 0.25) is 0 Å². The number of nitrogens with one attached hydrogen (secondary N) is 1. The molecule has 1 aromatic heterocycles. The normalized spacial score (nSPS) is 10.0. The zero-order valence-electron chi connectivity index (χ0n) is 9.07. The number of hydrogen-bond donors (Lipinski definition) is 1. The molecule has 1 aromatic carbocycles. The maximum Gasteiger partial charge on any atom is 0.265 e. The Morgan fingerprint density at radius 2 is 2.06 bits per heavy atom. The third-order valence-electron chi connectivity index (χ3n) is 2.14. The van der Waals surface area contributed by atoms with Crippen molar-refractivity contribution in [3.8, 4) is 5.75 Å². The fraction of sp³-hybridized carbons (Fsp3) is 0.0833. The summed E-state index contributed by atoms with van der Waals surface area (Å²) in [6.07, 6.45) is 0. The van der Waals surface area contributed by atoms with Crippen LogP contribution in [0.2, 0.25) is 0 Å². The molecule has 0 saturated carbocycles. The van der Waals surface area contributed by atoms with Gasteiger partial charge in [-0.2, -0.15) is 0 Å². The smallest absolute Gasteiger partial charge is 0.265 e. The van der Waals surface area contributed by atoms with E-state index in [9.17, 15) is 4.79 Å². The summed E-state index contributed by atoms with van der Waals surface area (Å²) in [5.74, 6) is 0.580. The molecule has 0 aliphatic heterocycles. The molecule has 2 rings (SSSR count). The van der Waals surface area contributed by atoms with Crippen LogP contribution < -0.4 is 10.1 Å². The Morgan fingerprint density at radius 1 is 1.35 bits per heavy atom. The van der Waals surface area contributed by atoms with Crippen molar-refractivity contribution < 1.29 is 9.53 Å². The van der Waals surface area contributed by atoms with Crippen molar-refractivity contribution in [2.24, 2.45) is 0 Å². The van der Waals surface area contributed by atoms with Crippen LogP contribution in [0.5, 0.6) is 5.75 Å². The first-order chi connectivity index (χ1) is 8.19. The van der Waals surface area contributed by atoms with E-state index in [2.05, 4.69) is 21.2 Å². The summed E-state index contributed by atoms with van der Waals surface area (Å²) in [5, 5.41) is 4.62. The van der Waals surface area contributed by atoms with E-state index in [1.165, 1.54) is 11.3 Å². The molecular weight excluding hydrogens is 302 g/mol. The van der Waals surface area contributed by atoms with Gasteiger partial charge in [0.05, 0.1) is 12.0 Å². The Bertz CT molecular complexity index is 522. The average Bonchev–Trinajstić information content (AvgIpc) is 2.81. The molecule has 1 amide bonds. The van der Waals surface area contributed by atoms with Crippen molar-refractivity contribution in [2.45, 2.75) is 0 Å². The SMILES string of the molecule is COc1csc(C(=O)Nc2ccc(Br)cc2)c1. The van der Waals surface area contributed by atoms with E-state index in [0.717, 1.165) is 10.2 Å². The summed E-state index contributed by atoms with van der Waals surface area (Å²) in [6, 6.07) is 9.16. The van der Waals surface area contributed by atoms with Crippen molar-refractivity contribution in [3.63, 3.8) is 0 Å². The lowest BCUT2D eigenvalue weighted by Crippen LogP contribution is -2.09. The number of ether oxygens (including phenoxy) is 1. The van der Waals surface area contributed by atoms with Gasteiger partial charge in [0, 0.05) is 21.6 Å². The van der Waals surface area contributed by atoms with Gasteiger partial charge in [0.1, 0.15) is 5.75 Å². The lowest BCUT2D eigenvalue weighted by molar-refractivity contribution is 0.103. The van der Waals surface area contributed by atoms with Gasteiger partial charge < -0.3 is 10.1 Å². The molecule has 2 aromatic rings. The van der Waals surface area contributed by atoms with Crippen molar-refractivity contribution >= 4 is 38.9 Å². The maximum absolute atomic E-state index is 11.9. The van der Waals surface area contributed by atoms with Crippen LogP contribution >= 0.6 is 27.3 Å². The highest BCUT2D eigenvalue weighted by Gasteiger charge is 2.09. The summed E-state index contributed by atoms with van der Waals surface area (Å²) < 4.78 is 6.02. The van der Waals surface area contributed by atoms with E-state index < -0.39 is 0 Å². The Labute approximate surface area is 112 Å². The quantitative estimate of drug-likeness (QED) is 0.937. The Balaban J connectivity index is 2.08. The van der Waals surface area contributed by atoms with Crippen molar-refractivity contribution in [3.05, 3.63) is 45.1 Å². The minimum absolute atomic E-state index is 0.124. The van der Waals surface area contributed by atoms with Gasteiger partial charge >= 0.3 is 0 Å². The molecule has 0 aliphatic rings. The average molecular weight is 312 g/mol. The molecule has 5 heteroatoms. The molecule has 0 fully saturated rings. The molecule has 1 heterocycles. The summed E-state index contributed by atoms with van der Waals surface area (Å²) in [5.41, 5.74) is 0.769. The van der Waals surface area contributed by atoms with Gasteiger partial charge in [-0.15, -0.1) is 11.3 Å². The van der Waals surface area contributed by atoms with Gasteiger partial charge in [0.25, 0.3) is 5.91 Å². The molecule has 17 heavy (non-hydrogen) atoms. The van der Waals surface area contributed by atoms with Crippen molar-refractivity contribution in [1.29, 1.82) is 0 Å². The molecule has 3 nitrogen and oxygen atoms in total. The second kappa shape index (κ2) is 5.33. The zero-order valence-corrected chi connectivity index (χ0v) is 11.5. The van der Waals surface area contributed by atoms with E-state index >= 15 is 0 Å². The van der Waals surface area contributed by atoms with Crippen LogP contribution in [-0.2, 0) is 0 Å². The number of rotatable bonds is 3. The lowest BCUT2D eigenvalue weighted by atomic mass is 10.3. The second-order valence-electron chi connectivity index (χ2n) is 3.31. The van der Waals surface area contributed by atoms with Crippen molar-refractivity contribution in [2.75, 3.05) is 12.4 Å². The highest BCUT2D eigenvalue weighted by atomic mass is 79.9. The van der Waals surface area contributed by atoms with Crippen LogP contribution in [0.3, 0.4) is 0 Å². The monoisotopic (exact) mass is 311 g/mol. The molecule has 0 bridgehead atoms. The van der Waals surface area contributed by atoms with Gasteiger partial charge in [0.15, 0.2) is 0 Å². The molecule has 1 N–H and O–H groups in total. The highest BCUT2D eigenvalue weighted by Crippen LogP contribution is 2.22. The largest absolute Gasteiger partial charge is 0.496 e. The first-order valence-corrected chi connectivity index (χ1v) is 6.56.